The topological polar surface area (TPSA) is 38.3 Å². The monoisotopic (exact) mass is 255 g/mol. The van der Waals surface area contributed by atoms with Crippen molar-refractivity contribution in [2.45, 2.75) is 77.2 Å². The van der Waals surface area contributed by atoms with E-state index in [9.17, 15) is 4.79 Å². The fraction of sp³-hybridized carbons (Fsp3) is 0.933. The SMILES string of the molecule is CCCCCCCCOC(=O)C1(C)CCCCN1. The minimum atomic E-state index is -0.430. The maximum absolute atomic E-state index is 12.0. The number of hydrogen-bond acceptors (Lipinski definition) is 3. The molecule has 1 unspecified atom stereocenters. The van der Waals surface area contributed by atoms with Gasteiger partial charge in [0, 0.05) is 0 Å². The van der Waals surface area contributed by atoms with Gasteiger partial charge in [0.25, 0.3) is 0 Å². The third kappa shape index (κ3) is 5.38. The van der Waals surface area contributed by atoms with Gasteiger partial charge in [0.05, 0.1) is 6.61 Å². The Kier molecular flexibility index (Phi) is 7.33. The Bertz CT molecular complexity index is 235. The first kappa shape index (κ1) is 15.5. The van der Waals surface area contributed by atoms with E-state index < -0.39 is 5.54 Å². The Balaban J connectivity index is 2.05. The molecule has 0 spiro atoms. The number of carbonyl (C=O) groups excluding carboxylic acids is 1. The van der Waals surface area contributed by atoms with Crippen molar-refractivity contribution in [3.8, 4) is 0 Å². The summed E-state index contributed by atoms with van der Waals surface area (Å²) in [5.41, 5.74) is -0.430. The van der Waals surface area contributed by atoms with Crippen molar-refractivity contribution >= 4 is 5.97 Å². The lowest BCUT2D eigenvalue weighted by molar-refractivity contribution is -0.152. The van der Waals surface area contributed by atoms with Gasteiger partial charge in [0.15, 0.2) is 0 Å². The molecule has 0 aromatic rings. The van der Waals surface area contributed by atoms with Gasteiger partial charge in [0.2, 0.25) is 0 Å². The van der Waals surface area contributed by atoms with E-state index in [1.54, 1.807) is 0 Å². The number of nitrogens with one attached hydrogen (secondary N) is 1. The number of ether oxygens (including phenoxy) is 1. The highest BCUT2D eigenvalue weighted by Gasteiger charge is 2.35. The van der Waals surface area contributed by atoms with Gasteiger partial charge in [-0.25, -0.2) is 0 Å². The number of unbranched alkanes of at least 4 members (excludes halogenated alkanes) is 5. The summed E-state index contributed by atoms with van der Waals surface area (Å²) in [6.07, 6.45) is 10.5. The van der Waals surface area contributed by atoms with Crippen molar-refractivity contribution in [1.29, 1.82) is 0 Å². The van der Waals surface area contributed by atoms with Crippen LogP contribution in [0.4, 0.5) is 0 Å². The number of rotatable bonds is 8. The summed E-state index contributed by atoms with van der Waals surface area (Å²) in [7, 11) is 0. The van der Waals surface area contributed by atoms with E-state index in [2.05, 4.69) is 12.2 Å². The molecular formula is C15H29NO2. The average molecular weight is 255 g/mol. The molecular weight excluding hydrogens is 226 g/mol. The van der Waals surface area contributed by atoms with E-state index in [1.165, 1.54) is 38.5 Å². The van der Waals surface area contributed by atoms with Gasteiger partial charge in [0.1, 0.15) is 5.54 Å². The molecule has 1 aliphatic rings. The Morgan fingerprint density at radius 1 is 1.17 bits per heavy atom. The second-order valence-corrected chi connectivity index (χ2v) is 5.62. The van der Waals surface area contributed by atoms with Crippen LogP contribution in [0.2, 0.25) is 0 Å². The van der Waals surface area contributed by atoms with Gasteiger partial charge >= 0.3 is 5.97 Å². The van der Waals surface area contributed by atoms with Gasteiger partial charge in [-0.2, -0.15) is 0 Å². The molecule has 1 rings (SSSR count). The lowest BCUT2D eigenvalue weighted by Gasteiger charge is -2.32. The molecule has 1 N–H and O–H groups in total. The maximum Gasteiger partial charge on any atom is 0.326 e. The van der Waals surface area contributed by atoms with Crippen molar-refractivity contribution in [2.75, 3.05) is 13.2 Å². The predicted molar refractivity (Wildman–Crippen MR) is 74.6 cm³/mol. The van der Waals surface area contributed by atoms with Gasteiger partial charge < -0.3 is 10.1 Å². The molecule has 0 bridgehead atoms. The standard InChI is InChI=1S/C15H29NO2/c1-3-4-5-6-7-10-13-18-14(17)15(2)11-8-9-12-16-15/h16H,3-13H2,1-2H3. The van der Waals surface area contributed by atoms with Crippen molar-refractivity contribution in [3.05, 3.63) is 0 Å². The molecule has 1 atom stereocenters. The summed E-state index contributed by atoms with van der Waals surface area (Å²) in [6, 6.07) is 0. The molecule has 3 nitrogen and oxygen atoms in total. The molecule has 0 amide bonds. The van der Waals surface area contributed by atoms with Crippen LogP contribution in [0.3, 0.4) is 0 Å². The highest BCUT2D eigenvalue weighted by molar-refractivity contribution is 5.80. The molecule has 1 saturated heterocycles. The van der Waals surface area contributed by atoms with Crippen molar-refractivity contribution in [1.82, 2.24) is 5.32 Å². The first-order chi connectivity index (χ1) is 8.69. The minimum absolute atomic E-state index is 0.0595. The zero-order valence-electron chi connectivity index (χ0n) is 12.1. The number of carbonyl (C=O) groups is 1. The normalized spacial score (nSPS) is 23.9. The summed E-state index contributed by atoms with van der Waals surface area (Å²) in [6.45, 7) is 5.71. The first-order valence-electron chi connectivity index (χ1n) is 7.61. The van der Waals surface area contributed by atoms with Gasteiger partial charge in [-0.1, -0.05) is 39.0 Å². The zero-order valence-corrected chi connectivity index (χ0v) is 12.1. The summed E-state index contributed by atoms with van der Waals surface area (Å²) in [5.74, 6) is -0.0595. The van der Waals surface area contributed by atoms with Crippen LogP contribution in [-0.2, 0) is 9.53 Å². The number of hydrogen-bond donors (Lipinski definition) is 1. The summed E-state index contributed by atoms with van der Waals surface area (Å²) in [5, 5.41) is 3.29. The second-order valence-electron chi connectivity index (χ2n) is 5.62. The molecule has 0 aliphatic carbocycles. The number of esters is 1. The molecule has 1 heterocycles. The molecule has 3 heteroatoms. The van der Waals surface area contributed by atoms with Crippen molar-refractivity contribution < 1.29 is 9.53 Å². The highest BCUT2D eigenvalue weighted by Crippen LogP contribution is 2.20. The third-order valence-electron chi connectivity index (χ3n) is 3.80. The van der Waals surface area contributed by atoms with Crippen LogP contribution in [-0.4, -0.2) is 24.7 Å². The van der Waals surface area contributed by atoms with Gasteiger partial charge in [-0.3, -0.25) is 4.79 Å². The molecule has 18 heavy (non-hydrogen) atoms. The zero-order chi connectivity index (χ0) is 13.3. The van der Waals surface area contributed by atoms with E-state index in [0.717, 1.165) is 25.8 Å². The van der Waals surface area contributed by atoms with Crippen molar-refractivity contribution in [2.24, 2.45) is 0 Å². The fourth-order valence-electron chi connectivity index (χ4n) is 2.44. The van der Waals surface area contributed by atoms with Gasteiger partial charge in [-0.15, -0.1) is 0 Å². The minimum Gasteiger partial charge on any atom is -0.464 e. The van der Waals surface area contributed by atoms with E-state index in [4.69, 9.17) is 4.74 Å². The van der Waals surface area contributed by atoms with Crippen LogP contribution in [0.1, 0.15) is 71.6 Å². The summed E-state index contributed by atoms with van der Waals surface area (Å²) in [4.78, 5) is 12.0. The largest absolute Gasteiger partial charge is 0.464 e. The average Bonchev–Trinajstić information content (AvgIpc) is 2.38. The van der Waals surface area contributed by atoms with Crippen molar-refractivity contribution in [3.63, 3.8) is 0 Å². The van der Waals surface area contributed by atoms with E-state index in [-0.39, 0.29) is 5.97 Å². The van der Waals surface area contributed by atoms with Crippen LogP contribution < -0.4 is 5.32 Å². The predicted octanol–water partition coefficient (Wildman–Crippen LogP) is 3.42. The molecule has 0 saturated carbocycles. The molecule has 0 aromatic heterocycles. The maximum atomic E-state index is 12.0. The van der Waals surface area contributed by atoms with Crippen LogP contribution in [0.15, 0.2) is 0 Å². The van der Waals surface area contributed by atoms with Crippen LogP contribution in [0.25, 0.3) is 0 Å². The highest BCUT2D eigenvalue weighted by atomic mass is 16.5. The Morgan fingerprint density at radius 2 is 1.89 bits per heavy atom. The smallest absolute Gasteiger partial charge is 0.326 e. The lowest BCUT2D eigenvalue weighted by Crippen LogP contribution is -2.53. The third-order valence-corrected chi connectivity index (χ3v) is 3.80. The van der Waals surface area contributed by atoms with E-state index in [0.29, 0.717) is 6.61 Å². The Hall–Kier alpha value is -0.570. The fourth-order valence-corrected chi connectivity index (χ4v) is 2.44. The Labute approximate surface area is 112 Å². The lowest BCUT2D eigenvalue weighted by atomic mass is 9.91. The first-order valence-corrected chi connectivity index (χ1v) is 7.61. The number of piperidine rings is 1. The molecule has 1 aliphatic heterocycles. The van der Waals surface area contributed by atoms with Crippen LogP contribution in [0, 0.1) is 0 Å². The Morgan fingerprint density at radius 3 is 2.56 bits per heavy atom. The quantitative estimate of drug-likeness (QED) is 0.533. The summed E-state index contributed by atoms with van der Waals surface area (Å²) < 4.78 is 5.39. The second kappa shape index (κ2) is 8.52. The van der Waals surface area contributed by atoms with E-state index >= 15 is 0 Å². The molecule has 1 fully saturated rings. The van der Waals surface area contributed by atoms with E-state index in [1.807, 2.05) is 6.92 Å². The van der Waals surface area contributed by atoms with Crippen LogP contribution >= 0.6 is 0 Å². The molecule has 106 valence electrons. The van der Waals surface area contributed by atoms with Gasteiger partial charge in [-0.05, 0) is 39.2 Å². The molecule has 0 aromatic carbocycles. The summed E-state index contributed by atoms with van der Waals surface area (Å²) >= 11 is 0. The van der Waals surface area contributed by atoms with Crippen LogP contribution in [0.5, 0.6) is 0 Å². The molecule has 0 radical (unpaired) electrons.